The number of carbonyl (C=O) groups is 1. The number of nitrogens with zero attached hydrogens (tertiary/aromatic N) is 4. The number of halogens is 1. The van der Waals surface area contributed by atoms with Crippen molar-refractivity contribution in [1.82, 2.24) is 20.0 Å². The van der Waals surface area contributed by atoms with Crippen LogP contribution in [-0.4, -0.2) is 51.2 Å². The molecule has 2 heterocycles. The highest BCUT2D eigenvalue weighted by Crippen LogP contribution is 2.18. The van der Waals surface area contributed by atoms with Crippen molar-refractivity contribution in [3.63, 3.8) is 0 Å². The first kappa shape index (κ1) is 14.2. The Balaban J connectivity index is 1.86. The van der Waals surface area contributed by atoms with Crippen LogP contribution in [0.4, 0.5) is 0 Å². The lowest BCUT2D eigenvalue weighted by molar-refractivity contribution is -0.145. The van der Waals surface area contributed by atoms with Gasteiger partial charge in [-0.05, 0) is 12.8 Å². The smallest absolute Gasteiger partial charge is 0.306 e. The summed E-state index contributed by atoms with van der Waals surface area (Å²) < 4.78 is 0. The second-order valence-electron chi connectivity index (χ2n) is 4.71. The molecule has 0 atom stereocenters. The second-order valence-corrected chi connectivity index (χ2v) is 5.10. The molecule has 0 amide bonds. The molecule has 2 rings (SSSR count). The predicted octanol–water partition coefficient (Wildman–Crippen LogP) is 1.27. The minimum atomic E-state index is -0.689. The van der Waals surface area contributed by atoms with Crippen molar-refractivity contribution in [3.05, 3.63) is 23.2 Å². The number of carboxylic acid groups (broad SMARTS) is 1. The van der Waals surface area contributed by atoms with Crippen LogP contribution in [0.15, 0.2) is 12.4 Å². The Hall–Kier alpha value is -1.24. The summed E-state index contributed by atoms with van der Waals surface area (Å²) >= 11 is 5.69. The van der Waals surface area contributed by atoms with E-state index < -0.39 is 5.97 Å². The van der Waals surface area contributed by atoms with E-state index >= 15 is 0 Å². The van der Waals surface area contributed by atoms with Gasteiger partial charge in [-0.1, -0.05) is 11.6 Å². The molecule has 0 saturated carbocycles. The maximum absolute atomic E-state index is 10.9. The number of hydrogen-bond donors (Lipinski definition) is 1. The van der Waals surface area contributed by atoms with E-state index in [0.29, 0.717) is 24.5 Å². The fraction of sp³-hybridized carbons (Fsp3) is 0.583. The van der Waals surface area contributed by atoms with Crippen LogP contribution in [0.1, 0.15) is 18.5 Å². The normalized spacial score (nSPS) is 17.8. The highest BCUT2D eigenvalue weighted by Gasteiger charge is 2.26. The molecule has 0 radical (unpaired) electrons. The molecule has 1 aromatic rings. The Kier molecular flexibility index (Phi) is 4.68. The summed E-state index contributed by atoms with van der Waals surface area (Å²) in [7, 11) is 1.97. The highest BCUT2D eigenvalue weighted by molar-refractivity contribution is 6.29. The van der Waals surface area contributed by atoms with Crippen molar-refractivity contribution >= 4 is 17.6 Å². The number of carboxylic acids is 1. The quantitative estimate of drug-likeness (QED) is 0.898. The van der Waals surface area contributed by atoms with Gasteiger partial charge < -0.3 is 5.11 Å². The van der Waals surface area contributed by atoms with Gasteiger partial charge in [0.05, 0.1) is 30.6 Å². The summed E-state index contributed by atoms with van der Waals surface area (Å²) in [5, 5.41) is 13.5. The van der Waals surface area contributed by atoms with E-state index in [-0.39, 0.29) is 5.92 Å². The van der Waals surface area contributed by atoms with Crippen molar-refractivity contribution in [2.75, 3.05) is 20.1 Å². The summed E-state index contributed by atoms with van der Waals surface area (Å²) in [6.45, 7) is 2.16. The van der Waals surface area contributed by atoms with E-state index in [2.05, 4.69) is 20.0 Å². The molecule has 19 heavy (non-hydrogen) atoms. The molecule has 7 heteroatoms. The third-order valence-corrected chi connectivity index (χ3v) is 3.56. The molecule has 0 aromatic carbocycles. The molecule has 104 valence electrons. The zero-order valence-electron chi connectivity index (χ0n) is 10.8. The van der Waals surface area contributed by atoms with Gasteiger partial charge in [0.1, 0.15) is 5.15 Å². The summed E-state index contributed by atoms with van der Waals surface area (Å²) in [6, 6.07) is 0. The molecule has 1 fully saturated rings. The van der Waals surface area contributed by atoms with E-state index in [1.54, 1.807) is 6.20 Å². The Bertz CT molecular complexity index is 432. The maximum Gasteiger partial charge on any atom is 0.306 e. The summed E-state index contributed by atoms with van der Waals surface area (Å²) in [5.41, 5.74) is 0.840. The highest BCUT2D eigenvalue weighted by atomic mass is 35.5. The van der Waals surface area contributed by atoms with E-state index in [1.165, 1.54) is 6.20 Å². The van der Waals surface area contributed by atoms with Gasteiger partial charge in [-0.3, -0.25) is 9.78 Å². The van der Waals surface area contributed by atoms with Gasteiger partial charge in [0.25, 0.3) is 0 Å². The number of hydrazine groups is 1. The van der Waals surface area contributed by atoms with Gasteiger partial charge in [0.2, 0.25) is 0 Å². The first-order valence-corrected chi connectivity index (χ1v) is 6.59. The largest absolute Gasteiger partial charge is 0.481 e. The van der Waals surface area contributed by atoms with Crippen LogP contribution < -0.4 is 0 Å². The summed E-state index contributed by atoms with van der Waals surface area (Å²) in [5.74, 6) is -0.897. The molecule has 0 bridgehead atoms. The molecule has 6 nitrogen and oxygen atoms in total. The molecule has 0 spiro atoms. The summed E-state index contributed by atoms with van der Waals surface area (Å²) in [6.07, 6.45) is 4.56. The third kappa shape index (κ3) is 3.86. The molecule has 1 saturated heterocycles. The first-order valence-electron chi connectivity index (χ1n) is 6.21. The lowest BCUT2D eigenvalue weighted by Crippen LogP contribution is -2.45. The number of aromatic nitrogens is 2. The molecular formula is C12H17ClN4O2. The first-order chi connectivity index (χ1) is 9.06. The van der Waals surface area contributed by atoms with Crippen LogP contribution in [0, 0.1) is 5.92 Å². The van der Waals surface area contributed by atoms with E-state index in [1.807, 2.05) is 7.05 Å². The average molecular weight is 285 g/mol. The van der Waals surface area contributed by atoms with Gasteiger partial charge in [0.15, 0.2) is 0 Å². The van der Waals surface area contributed by atoms with Crippen molar-refractivity contribution in [1.29, 1.82) is 0 Å². The second kappa shape index (κ2) is 6.27. The van der Waals surface area contributed by atoms with Gasteiger partial charge in [-0.15, -0.1) is 0 Å². The van der Waals surface area contributed by atoms with Gasteiger partial charge in [0, 0.05) is 20.1 Å². The number of aliphatic carboxylic acids is 1. The van der Waals surface area contributed by atoms with E-state index in [9.17, 15) is 4.79 Å². The minimum Gasteiger partial charge on any atom is -0.481 e. The number of piperidine rings is 1. The van der Waals surface area contributed by atoms with Crippen LogP contribution in [0.2, 0.25) is 5.15 Å². The standard InChI is InChI=1S/C12H17ClN4O2/c1-16(8-10-6-15-11(13)7-14-10)17-4-2-9(3-5-17)12(18)19/h6-7,9H,2-5,8H2,1H3,(H,18,19). The molecule has 0 aliphatic carbocycles. The Morgan fingerprint density at radius 3 is 2.68 bits per heavy atom. The van der Waals surface area contributed by atoms with Gasteiger partial charge in [-0.2, -0.15) is 0 Å². The Labute approximate surface area is 117 Å². The van der Waals surface area contributed by atoms with Gasteiger partial charge in [-0.25, -0.2) is 15.0 Å². The van der Waals surface area contributed by atoms with Crippen molar-refractivity contribution < 1.29 is 9.90 Å². The van der Waals surface area contributed by atoms with Crippen molar-refractivity contribution in [3.8, 4) is 0 Å². The molecule has 1 N–H and O–H groups in total. The third-order valence-electron chi connectivity index (χ3n) is 3.37. The van der Waals surface area contributed by atoms with Crippen LogP contribution in [0.5, 0.6) is 0 Å². The van der Waals surface area contributed by atoms with E-state index in [4.69, 9.17) is 16.7 Å². The lowest BCUT2D eigenvalue weighted by atomic mass is 9.98. The zero-order chi connectivity index (χ0) is 13.8. The fourth-order valence-corrected chi connectivity index (χ4v) is 2.31. The molecular weight excluding hydrogens is 268 g/mol. The Morgan fingerprint density at radius 1 is 1.47 bits per heavy atom. The van der Waals surface area contributed by atoms with Crippen LogP contribution in [-0.2, 0) is 11.3 Å². The lowest BCUT2D eigenvalue weighted by Gasteiger charge is -2.36. The predicted molar refractivity (Wildman–Crippen MR) is 70.4 cm³/mol. The number of hydrogen-bond acceptors (Lipinski definition) is 5. The molecule has 1 aromatic heterocycles. The minimum absolute atomic E-state index is 0.208. The topological polar surface area (TPSA) is 69.6 Å². The number of rotatable bonds is 4. The van der Waals surface area contributed by atoms with Crippen LogP contribution >= 0.6 is 11.6 Å². The van der Waals surface area contributed by atoms with Crippen molar-refractivity contribution in [2.45, 2.75) is 19.4 Å². The monoisotopic (exact) mass is 284 g/mol. The Morgan fingerprint density at radius 2 is 2.16 bits per heavy atom. The van der Waals surface area contributed by atoms with E-state index in [0.717, 1.165) is 18.8 Å². The summed E-state index contributed by atoms with van der Waals surface area (Å²) in [4.78, 5) is 19.1. The SMILES string of the molecule is CN(Cc1cnc(Cl)cn1)N1CCC(C(=O)O)CC1. The molecule has 1 aliphatic rings. The van der Waals surface area contributed by atoms with Gasteiger partial charge >= 0.3 is 5.97 Å². The fourth-order valence-electron chi connectivity index (χ4n) is 2.21. The van der Waals surface area contributed by atoms with Crippen molar-refractivity contribution in [2.24, 2.45) is 5.92 Å². The molecule has 0 unspecified atom stereocenters. The van der Waals surface area contributed by atoms with Crippen LogP contribution in [0.3, 0.4) is 0 Å². The molecule has 1 aliphatic heterocycles. The maximum atomic E-state index is 10.9. The zero-order valence-corrected chi connectivity index (χ0v) is 11.5. The van der Waals surface area contributed by atoms with Crippen LogP contribution in [0.25, 0.3) is 0 Å². The average Bonchev–Trinajstić information content (AvgIpc) is 2.41.